The number of aromatic amines is 2. The number of unbranched alkanes of at least 4 members (excludes halogenated alkanes) is 1. The molecule has 0 spiro atoms. The predicted octanol–water partition coefficient (Wildman–Crippen LogP) is -1.61. The summed E-state index contributed by atoms with van der Waals surface area (Å²) >= 11 is 2.12. The second-order valence-electron chi connectivity index (χ2n) is 16.4. The van der Waals surface area contributed by atoms with Crippen molar-refractivity contribution >= 4 is 86.7 Å². The molecule has 2 aromatic carbocycles. The molecule has 0 bridgehead atoms. The summed E-state index contributed by atoms with van der Waals surface area (Å²) in [6.07, 6.45) is 5.67. The SMILES string of the molecule is CCCC[C@H](N)C(=O)N[C@@H](CCC(N)=O)C(=O)N[C@@H](Cc1cnc[nH]1)C(=O)N[C@H](Cc1ccc(I)cc1)C(=O)N[C@@H](CCCN=C(N)N)C(=O)N[C@H](Cc1c[nH]c2ccccc12)C(=O)NCC(N)=O. The average molecular weight is 1070 g/mol. The van der Waals surface area contributed by atoms with Gasteiger partial charge >= 0.3 is 0 Å². The van der Waals surface area contributed by atoms with Gasteiger partial charge in [0, 0.05) is 64.8 Å². The van der Waals surface area contributed by atoms with Gasteiger partial charge in [-0.15, -0.1) is 0 Å². The zero-order valence-electron chi connectivity index (χ0n) is 38.2. The van der Waals surface area contributed by atoms with Crippen molar-refractivity contribution in [3.63, 3.8) is 0 Å². The van der Waals surface area contributed by atoms with Crippen LogP contribution in [-0.2, 0) is 57.6 Å². The van der Waals surface area contributed by atoms with E-state index in [-0.39, 0.29) is 57.5 Å². The van der Waals surface area contributed by atoms with Crippen LogP contribution in [0.5, 0.6) is 0 Å². The minimum Gasteiger partial charge on any atom is -0.370 e. The quantitative estimate of drug-likeness (QED) is 0.0126. The number of aromatic nitrogens is 3. The Morgan fingerprint density at radius 2 is 1.26 bits per heavy atom. The zero-order chi connectivity index (χ0) is 50.5. The van der Waals surface area contributed by atoms with Gasteiger partial charge in [-0.3, -0.25) is 43.3 Å². The Labute approximate surface area is 412 Å². The monoisotopic (exact) mass is 1070 g/mol. The van der Waals surface area contributed by atoms with E-state index in [1.165, 1.54) is 12.5 Å². The number of hydrogen-bond acceptors (Lipinski definition) is 11. The Kier molecular flexibility index (Phi) is 21.9. The first-order chi connectivity index (χ1) is 32.9. The molecule has 4 rings (SSSR count). The number of amides is 8. The summed E-state index contributed by atoms with van der Waals surface area (Å²) in [5.41, 5.74) is 30.4. The lowest BCUT2D eigenvalue weighted by Crippen LogP contribution is -2.60. The van der Waals surface area contributed by atoms with Crippen LogP contribution in [0.3, 0.4) is 0 Å². The first-order valence-electron chi connectivity index (χ1n) is 22.4. The highest BCUT2D eigenvalue weighted by Crippen LogP contribution is 2.20. The van der Waals surface area contributed by atoms with Crippen molar-refractivity contribution in [1.29, 1.82) is 0 Å². The maximum absolute atomic E-state index is 14.6. The Balaban J connectivity index is 1.66. The lowest BCUT2D eigenvalue weighted by Gasteiger charge is -2.27. The van der Waals surface area contributed by atoms with Crippen molar-refractivity contribution < 1.29 is 38.4 Å². The molecule has 69 heavy (non-hydrogen) atoms. The molecular formula is C45H62IN15O8. The largest absolute Gasteiger partial charge is 0.370 e. The van der Waals surface area contributed by atoms with Crippen LogP contribution in [-0.4, -0.2) is 118 Å². The third-order valence-electron chi connectivity index (χ3n) is 10.9. The predicted molar refractivity (Wildman–Crippen MR) is 265 cm³/mol. The Hall–Kier alpha value is -7.09. The van der Waals surface area contributed by atoms with Gasteiger partial charge in [0.2, 0.25) is 47.3 Å². The van der Waals surface area contributed by atoms with Crippen LogP contribution in [0.4, 0.5) is 0 Å². The van der Waals surface area contributed by atoms with Crippen LogP contribution in [0, 0.1) is 3.57 Å². The number of nitrogens with one attached hydrogen (secondary N) is 8. The summed E-state index contributed by atoms with van der Waals surface area (Å²) in [6, 6.07) is 6.82. The van der Waals surface area contributed by atoms with Crippen LogP contribution in [0.25, 0.3) is 10.9 Å². The van der Waals surface area contributed by atoms with Crippen molar-refractivity contribution in [2.45, 2.75) is 107 Å². The van der Waals surface area contributed by atoms with Gasteiger partial charge in [0.1, 0.15) is 30.2 Å². The number of guanidine groups is 1. The van der Waals surface area contributed by atoms with Gasteiger partial charge in [0.15, 0.2) is 5.96 Å². The van der Waals surface area contributed by atoms with Crippen LogP contribution in [0.2, 0.25) is 0 Å². The van der Waals surface area contributed by atoms with Crippen molar-refractivity contribution in [2.24, 2.45) is 33.7 Å². The van der Waals surface area contributed by atoms with Crippen molar-refractivity contribution in [1.82, 2.24) is 46.9 Å². The molecule has 0 aliphatic rings. The van der Waals surface area contributed by atoms with Crippen LogP contribution >= 0.6 is 22.6 Å². The van der Waals surface area contributed by atoms with Gasteiger partial charge in [-0.25, -0.2) is 4.98 Å². The zero-order valence-corrected chi connectivity index (χ0v) is 40.4. The molecule has 0 aliphatic heterocycles. The van der Waals surface area contributed by atoms with Crippen molar-refractivity contribution in [3.8, 4) is 0 Å². The van der Waals surface area contributed by atoms with Crippen LogP contribution in [0.1, 0.15) is 68.7 Å². The van der Waals surface area contributed by atoms with E-state index in [0.717, 1.165) is 20.9 Å². The molecule has 8 amide bonds. The smallest absolute Gasteiger partial charge is 0.243 e. The lowest BCUT2D eigenvalue weighted by molar-refractivity contribution is -0.135. The number of hydrogen-bond donors (Lipinski definition) is 13. The minimum absolute atomic E-state index is 0.0251. The maximum atomic E-state index is 14.6. The van der Waals surface area contributed by atoms with E-state index in [9.17, 15) is 38.4 Å². The van der Waals surface area contributed by atoms with Crippen LogP contribution in [0.15, 0.2) is 72.2 Å². The first kappa shape index (κ1) is 54.5. The molecule has 4 aromatic rings. The number of benzene rings is 2. The molecule has 0 aliphatic carbocycles. The normalized spacial score (nSPS) is 13.6. The summed E-state index contributed by atoms with van der Waals surface area (Å²) in [7, 11) is 0. The second-order valence-corrected chi connectivity index (χ2v) is 17.6. The number of nitrogens with zero attached hydrogens (tertiary/aromatic N) is 2. The number of halogens is 1. The summed E-state index contributed by atoms with van der Waals surface area (Å²) in [5, 5.41) is 16.7. The second kappa shape index (κ2) is 27.7. The number of rotatable bonds is 29. The topological polar surface area (TPSA) is 396 Å². The number of fused-ring (bicyclic) bond motifs is 1. The van der Waals surface area contributed by atoms with E-state index in [0.29, 0.717) is 29.7 Å². The molecule has 0 saturated heterocycles. The van der Waals surface area contributed by atoms with Crippen LogP contribution < -0.4 is 60.6 Å². The Bertz CT molecular complexity index is 2410. The van der Waals surface area contributed by atoms with E-state index < -0.39 is 90.1 Å². The maximum Gasteiger partial charge on any atom is 0.243 e. The number of primary amides is 2. The Morgan fingerprint density at radius 1 is 0.667 bits per heavy atom. The van der Waals surface area contributed by atoms with Crippen molar-refractivity contribution in [2.75, 3.05) is 13.1 Å². The highest BCUT2D eigenvalue weighted by atomic mass is 127. The minimum atomic E-state index is -1.39. The summed E-state index contributed by atoms with van der Waals surface area (Å²) < 4.78 is 0.896. The van der Waals surface area contributed by atoms with E-state index in [2.05, 4.69) is 74.4 Å². The third kappa shape index (κ3) is 18.5. The number of H-pyrrole nitrogens is 2. The molecule has 0 fully saturated rings. The fourth-order valence-electron chi connectivity index (χ4n) is 7.17. The Morgan fingerprint density at radius 3 is 1.87 bits per heavy atom. The van der Waals surface area contributed by atoms with E-state index in [4.69, 9.17) is 28.7 Å². The summed E-state index contributed by atoms with van der Waals surface area (Å²) in [6.45, 7) is 1.50. The number of nitrogens with two attached hydrogens (primary N) is 5. The highest BCUT2D eigenvalue weighted by molar-refractivity contribution is 14.1. The molecule has 23 nitrogen and oxygen atoms in total. The molecule has 2 heterocycles. The van der Waals surface area contributed by atoms with Gasteiger partial charge in [0.25, 0.3) is 0 Å². The van der Waals surface area contributed by atoms with E-state index >= 15 is 0 Å². The van der Waals surface area contributed by atoms with E-state index in [1.807, 2.05) is 31.2 Å². The lowest BCUT2D eigenvalue weighted by atomic mass is 10.0. The number of para-hydroxylation sites is 1. The number of aliphatic imine (C=N–C) groups is 1. The fraction of sp³-hybridized carbons (Fsp3) is 0.422. The van der Waals surface area contributed by atoms with Crippen molar-refractivity contribution in [3.05, 3.63) is 87.6 Å². The highest BCUT2D eigenvalue weighted by Gasteiger charge is 2.34. The van der Waals surface area contributed by atoms with Gasteiger partial charge in [-0.2, -0.15) is 0 Å². The van der Waals surface area contributed by atoms with Gasteiger partial charge in [-0.1, -0.05) is 50.1 Å². The molecule has 6 atom stereocenters. The first-order valence-corrected chi connectivity index (χ1v) is 23.5. The summed E-state index contributed by atoms with van der Waals surface area (Å²) in [5.74, 6) is -6.34. The molecule has 0 unspecified atom stereocenters. The molecule has 18 N–H and O–H groups in total. The average Bonchev–Trinajstić information content (AvgIpc) is 3.99. The molecule has 372 valence electrons. The standard InChI is InChI=1S/C45H62IN15O8/c1-2-3-8-30(47)39(64)57-33(15-16-37(48)62)42(67)61-36(20-28-22-52-24-56-28)44(69)59-34(18-25-11-13-27(46)14-12-25)43(68)58-32(10-6-17-53-45(50)51)41(66)60-35(40(65)55-23-38(49)63)19-26-21-54-31-9-5-4-7-29(26)31/h4-5,7,9,11-14,21-22,24,30,32-36,54H,2-3,6,8,10,15-20,23,47H2,1H3,(H2,48,62)(H2,49,63)(H,52,56)(H,55,65)(H,57,64)(H,58,68)(H,59,69)(H,60,66)(H,61,67)(H4,50,51,53)/t30-,32-,33-,34+,35+,36-/m0/s1. The van der Waals surface area contributed by atoms with Gasteiger partial charge < -0.3 is 70.5 Å². The molecule has 0 radical (unpaired) electrons. The van der Waals surface area contributed by atoms with E-state index in [1.54, 1.807) is 30.5 Å². The molecule has 24 heteroatoms. The number of carbonyl (C=O) groups is 8. The fourth-order valence-corrected chi connectivity index (χ4v) is 7.53. The molecule has 0 saturated carbocycles. The van der Waals surface area contributed by atoms with Gasteiger partial charge in [-0.05, 0) is 77.6 Å². The van der Waals surface area contributed by atoms with Gasteiger partial charge in [0.05, 0.1) is 18.9 Å². The molecule has 2 aromatic heterocycles. The third-order valence-corrected chi connectivity index (χ3v) is 11.6. The number of carbonyl (C=O) groups excluding carboxylic acids is 8. The summed E-state index contributed by atoms with van der Waals surface area (Å²) in [4.78, 5) is 121. The molecular weight excluding hydrogens is 1010 g/mol. The number of imidazole rings is 1.